The summed E-state index contributed by atoms with van der Waals surface area (Å²) in [5, 5.41) is 8.91. The molecular weight excluding hydrogens is 286 g/mol. The second kappa shape index (κ2) is 6.03. The molecule has 3 rings (SSSR count). The van der Waals surface area contributed by atoms with Crippen LogP contribution in [0.2, 0.25) is 5.02 Å². The minimum Gasteiger partial charge on any atom is -0.362 e. The van der Waals surface area contributed by atoms with Crippen molar-refractivity contribution < 1.29 is 0 Å². The molecule has 1 atom stereocenters. The summed E-state index contributed by atoms with van der Waals surface area (Å²) in [5.41, 5.74) is 8.54. The maximum atomic E-state index is 6.16. The molecule has 1 aromatic heterocycles. The Balaban J connectivity index is 1.88. The highest BCUT2D eigenvalue weighted by Gasteiger charge is 2.20. The van der Waals surface area contributed by atoms with Gasteiger partial charge in [-0.2, -0.15) is 0 Å². The van der Waals surface area contributed by atoms with Gasteiger partial charge in [-0.05, 0) is 36.6 Å². The number of hydrogen-bond donors (Lipinski definition) is 1. The van der Waals surface area contributed by atoms with Crippen LogP contribution in [0.1, 0.15) is 24.7 Å². The number of fused-ring (bicyclic) bond motifs is 1. The van der Waals surface area contributed by atoms with E-state index in [1.165, 1.54) is 11.3 Å². The number of benzene rings is 1. The maximum absolute atomic E-state index is 6.16. The first kappa shape index (κ1) is 14.4. The van der Waals surface area contributed by atoms with Crippen LogP contribution in [0.4, 0.5) is 5.69 Å². The van der Waals surface area contributed by atoms with Gasteiger partial charge in [0, 0.05) is 29.8 Å². The zero-order chi connectivity index (χ0) is 14.8. The highest BCUT2D eigenvalue weighted by atomic mass is 35.5. The van der Waals surface area contributed by atoms with E-state index in [4.69, 9.17) is 17.3 Å². The molecule has 0 amide bonds. The average molecular weight is 306 g/mol. The highest BCUT2D eigenvalue weighted by molar-refractivity contribution is 6.30. The molecule has 2 heterocycles. The fourth-order valence-electron chi connectivity index (χ4n) is 2.72. The molecule has 1 aliphatic rings. The van der Waals surface area contributed by atoms with Gasteiger partial charge in [0.15, 0.2) is 5.82 Å². The van der Waals surface area contributed by atoms with Gasteiger partial charge < -0.3 is 15.2 Å². The molecule has 1 aromatic carbocycles. The molecule has 0 spiro atoms. The van der Waals surface area contributed by atoms with Crippen LogP contribution in [0.25, 0.3) is 0 Å². The molecule has 0 aliphatic carbocycles. The van der Waals surface area contributed by atoms with Gasteiger partial charge in [0.25, 0.3) is 0 Å². The molecule has 0 fully saturated rings. The number of halogens is 1. The fourth-order valence-corrected chi connectivity index (χ4v) is 2.92. The van der Waals surface area contributed by atoms with Crippen LogP contribution in [0.5, 0.6) is 0 Å². The molecule has 0 saturated carbocycles. The monoisotopic (exact) mass is 305 g/mol. The number of nitrogens with zero attached hydrogens (tertiary/aromatic N) is 4. The Bertz CT molecular complexity index is 624. The van der Waals surface area contributed by atoms with Crippen molar-refractivity contribution >= 4 is 17.3 Å². The van der Waals surface area contributed by atoms with E-state index in [9.17, 15) is 0 Å². The number of aromatic nitrogens is 3. The largest absolute Gasteiger partial charge is 0.362 e. The Kier molecular flexibility index (Phi) is 4.12. The summed E-state index contributed by atoms with van der Waals surface area (Å²) in [5.74, 6) is 1.00. The van der Waals surface area contributed by atoms with Crippen LogP contribution in [-0.2, 0) is 19.5 Å². The number of rotatable bonds is 4. The molecule has 2 aromatic rings. The van der Waals surface area contributed by atoms with Crippen LogP contribution in [0.15, 0.2) is 24.5 Å². The molecule has 0 bridgehead atoms. The van der Waals surface area contributed by atoms with Crippen LogP contribution < -0.4 is 10.6 Å². The van der Waals surface area contributed by atoms with Gasteiger partial charge in [-0.3, -0.25) is 0 Å². The summed E-state index contributed by atoms with van der Waals surface area (Å²) in [6.45, 7) is 4.74. The van der Waals surface area contributed by atoms with Crippen molar-refractivity contribution in [3.05, 3.63) is 40.9 Å². The average Bonchev–Trinajstić information content (AvgIpc) is 2.94. The van der Waals surface area contributed by atoms with E-state index in [1.807, 2.05) is 12.1 Å². The smallest absolute Gasteiger partial charge is 0.152 e. The maximum Gasteiger partial charge on any atom is 0.152 e. The molecule has 6 heteroatoms. The van der Waals surface area contributed by atoms with E-state index in [1.54, 1.807) is 6.33 Å². The summed E-state index contributed by atoms with van der Waals surface area (Å²) < 4.78 is 2.10. The Hall–Kier alpha value is -1.59. The van der Waals surface area contributed by atoms with Crippen molar-refractivity contribution in [1.29, 1.82) is 0 Å². The van der Waals surface area contributed by atoms with Gasteiger partial charge in [-0.25, -0.2) is 0 Å². The number of nitrogens with two attached hydrogens (primary N) is 1. The van der Waals surface area contributed by atoms with E-state index in [0.29, 0.717) is 0 Å². The Morgan fingerprint density at radius 1 is 1.38 bits per heavy atom. The quantitative estimate of drug-likeness (QED) is 0.941. The van der Waals surface area contributed by atoms with Crippen molar-refractivity contribution in [3.8, 4) is 0 Å². The third-order valence-corrected chi connectivity index (χ3v) is 4.26. The summed E-state index contributed by atoms with van der Waals surface area (Å²) in [4.78, 5) is 2.33. The lowest BCUT2D eigenvalue weighted by Crippen LogP contribution is -2.34. The zero-order valence-corrected chi connectivity index (χ0v) is 12.9. The van der Waals surface area contributed by atoms with Crippen LogP contribution in [0.3, 0.4) is 0 Å². The minimum absolute atomic E-state index is 0.163. The van der Waals surface area contributed by atoms with Gasteiger partial charge in [0.05, 0.1) is 6.54 Å². The molecule has 0 saturated heterocycles. The van der Waals surface area contributed by atoms with E-state index in [2.05, 4.69) is 32.7 Å². The molecular formula is C15H20ClN5. The molecule has 1 unspecified atom stereocenters. The lowest BCUT2D eigenvalue weighted by atomic mass is 10.0. The fraction of sp³-hybridized carbons (Fsp3) is 0.467. The Labute approximate surface area is 129 Å². The standard InChI is InChI=1S/C15H20ClN5/c1-2-13(17)8-11-7-12(16)3-4-14(11)20-5-6-21-10-18-19-15(21)9-20/h3-4,7,10,13H,2,5-6,8-9,17H2,1H3. The van der Waals surface area contributed by atoms with Gasteiger partial charge in [-0.15, -0.1) is 10.2 Å². The molecule has 2 N–H and O–H groups in total. The summed E-state index contributed by atoms with van der Waals surface area (Å²) >= 11 is 6.16. The van der Waals surface area contributed by atoms with Crippen molar-refractivity contribution in [1.82, 2.24) is 14.8 Å². The van der Waals surface area contributed by atoms with Gasteiger partial charge in [0.2, 0.25) is 0 Å². The summed E-state index contributed by atoms with van der Waals surface area (Å²) in [7, 11) is 0. The second-order valence-electron chi connectivity index (χ2n) is 5.51. The highest BCUT2D eigenvalue weighted by Crippen LogP contribution is 2.28. The van der Waals surface area contributed by atoms with Gasteiger partial charge in [0.1, 0.15) is 6.33 Å². The van der Waals surface area contributed by atoms with Crippen LogP contribution in [0, 0.1) is 0 Å². The molecule has 21 heavy (non-hydrogen) atoms. The first-order chi connectivity index (χ1) is 10.2. The van der Waals surface area contributed by atoms with E-state index >= 15 is 0 Å². The summed E-state index contributed by atoms with van der Waals surface area (Å²) in [6.07, 6.45) is 3.60. The first-order valence-electron chi connectivity index (χ1n) is 7.33. The predicted molar refractivity (Wildman–Crippen MR) is 84.5 cm³/mol. The summed E-state index contributed by atoms with van der Waals surface area (Å²) in [6, 6.07) is 6.23. The van der Waals surface area contributed by atoms with E-state index in [0.717, 1.165) is 43.3 Å². The molecule has 5 nitrogen and oxygen atoms in total. The Morgan fingerprint density at radius 3 is 3.05 bits per heavy atom. The van der Waals surface area contributed by atoms with Crippen LogP contribution in [-0.4, -0.2) is 27.4 Å². The van der Waals surface area contributed by atoms with Crippen molar-refractivity contribution in [2.45, 2.75) is 38.9 Å². The van der Waals surface area contributed by atoms with Crippen molar-refractivity contribution in [2.24, 2.45) is 5.73 Å². The number of anilines is 1. The normalized spacial score (nSPS) is 15.9. The SMILES string of the molecule is CCC(N)Cc1cc(Cl)ccc1N1CCn2cnnc2C1. The molecule has 1 aliphatic heterocycles. The lowest BCUT2D eigenvalue weighted by Gasteiger charge is -2.31. The van der Waals surface area contributed by atoms with Crippen molar-refractivity contribution in [3.63, 3.8) is 0 Å². The van der Waals surface area contributed by atoms with E-state index in [-0.39, 0.29) is 6.04 Å². The number of hydrogen-bond acceptors (Lipinski definition) is 4. The molecule has 112 valence electrons. The van der Waals surface area contributed by atoms with E-state index < -0.39 is 0 Å². The first-order valence-corrected chi connectivity index (χ1v) is 7.70. The third-order valence-electron chi connectivity index (χ3n) is 4.03. The second-order valence-corrected chi connectivity index (χ2v) is 5.94. The third kappa shape index (κ3) is 3.04. The molecule has 0 radical (unpaired) electrons. The van der Waals surface area contributed by atoms with Crippen molar-refractivity contribution in [2.75, 3.05) is 11.4 Å². The zero-order valence-electron chi connectivity index (χ0n) is 12.2. The topological polar surface area (TPSA) is 60.0 Å². The van der Waals surface area contributed by atoms with Gasteiger partial charge in [-0.1, -0.05) is 18.5 Å². The predicted octanol–water partition coefficient (Wildman–Crippen LogP) is 2.23. The lowest BCUT2D eigenvalue weighted by molar-refractivity contribution is 0.557. The van der Waals surface area contributed by atoms with Crippen LogP contribution >= 0.6 is 11.6 Å². The van der Waals surface area contributed by atoms with Gasteiger partial charge >= 0.3 is 0 Å². The minimum atomic E-state index is 0.163. The Morgan fingerprint density at radius 2 is 2.24 bits per heavy atom.